The van der Waals surface area contributed by atoms with Crippen molar-refractivity contribution in [1.29, 1.82) is 0 Å². The molecule has 2 N–H and O–H groups in total. The van der Waals surface area contributed by atoms with E-state index in [-0.39, 0.29) is 5.92 Å². The van der Waals surface area contributed by atoms with Crippen LogP contribution in [0.3, 0.4) is 0 Å². The van der Waals surface area contributed by atoms with Crippen LogP contribution in [0.25, 0.3) is 0 Å². The molecular formula is C17H24N2O. The molecule has 20 heavy (non-hydrogen) atoms. The summed E-state index contributed by atoms with van der Waals surface area (Å²) in [5.74, 6) is 1.96. The molecule has 108 valence electrons. The van der Waals surface area contributed by atoms with E-state index in [0.29, 0.717) is 30.2 Å². The maximum atomic E-state index is 12.6. The molecule has 1 amide bonds. The van der Waals surface area contributed by atoms with Crippen LogP contribution in [0.4, 0.5) is 0 Å². The number of rotatable bonds is 4. The summed E-state index contributed by atoms with van der Waals surface area (Å²) < 4.78 is 0. The standard InChI is InChI=1S/C17H24N2O/c1-12(13-7-8-13)17(20)19-10-15(9-18)16(11-19)14-5-3-2-4-6-14/h2-6,12-13,15-16H,7-11,18H2,1H3/t12?,15-,16+/m1/s1. The normalized spacial score (nSPS) is 27.6. The van der Waals surface area contributed by atoms with Crippen molar-refractivity contribution >= 4 is 5.91 Å². The smallest absolute Gasteiger partial charge is 0.225 e. The fourth-order valence-electron chi connectivity index (χ4n) is 3.45. The maximum Gasteiger partial charge on any atom is 0.225 e. The predicted octanol–water partition coefficient (Wildman–Crippen LogP) is 2.23. The lowest BCUT2D eigenvalue weighted by atomic mass is 9.89. The second kappa shape index (κ2) is 5.57. The van der Waals surface area contributed by atoms with Crippen molar-refractivity contribution < 1.29 is 4.79 Å². The lowest BCUT2D eigenvalue weighted by molar-refractivity contribution is -0.134. The van der Waals surface area contributed by atoms with E-state index in [2.05, 4.69) is 36.1 Å². The largest absolute Gasteiger partial charge is 0.341 e. The molecule has 3 atom stereocenters. The van der Waals surface area contributed by atoms with Crippen LogP contribution in [0.2, 0.25) is 0 Å². The molecule has 1 heterocycles. The molecule has 1 saturated heterocycles. The molecule has 1 aromatic rings. The Morgan fingerprint density at radius 1 is 1.30 bits per heavy atom. The second-order valence-electron chi connectivity index (χ2n) is 6.38. The first-order chi connectivity index (χ1) is 9.70. The van der Waals surface area contributed by atoms with Gasteiger partial charge < -0.3 is 10.6 Å². The summed E-state index contributed by atoms with van der Waals surface area (Å²) in [6, 6.07) is 10.5. The highest BCUT2D eigenvalue weighted by molar-refractivity contribution is 5.79. The van der Waals surface area contributed by atoms with E-state index in [0.717, 1.165) is 13.1 Å². The Bertz CT molecular complexity index is 469. The molecule has 1 aliphatic carbocycles. The van der Waals surface area contributed by atoms with Crippen molar-refractivity contribution in [3.63, 3.8) is 0 Å². The summed E-state index contributed by atoms with van der Waals surface area (Å²) >= 11 is 0. The average Bonchev–Trinajstić information content (AvgIpc) is 3.25. The topological polar surface area (TPSA) is 46.3 Å². The fraction of sp³-hybridized carbons (Fsp3) is 0.588. The lowest BCUT2D eigenvalue weighted by Gasteiger charge is -2.21. The molecular weight excluding hydrogens is 248 g/mol. The number of hydrogen-bond donors (Lipinski definition) is 1. The van der Waals surface area contributed by atoms with E-state index < -0.39 is 0 Å². The number of nitrogens with zero attached hydrogens (tertiary/aromatic N) is 1. The molecule has 0 aromatic heterocycles. The van der Waals surface area contributed by atoms with Crippen molar-refractivity contribution in [1.82, 2.24) is 4.90 Å². The number of amides is 1. The summed E-state index contributed by atoms with van der Waals surface area (Å²) in [6.07, 6.45) is 2.45. The molecule has 2 aliphatic rings. The van der Waals surface area contributed by atoms with E-state index in [9.17, 15) is 4.79 Å². The average molecular weight is 272 g/mol. The molecule has 1 aromatic carbocycles. The van der Waals surface area contributed by atoms with Crippen LogP contribution in [-0.4, -0.2) is 30.4 Å². The number of hydrogen-bond acceptors (Lipinski definition) is 2. The third kappa shape index (κ3) is 2.59. The highest BCUT2D eigenvalue weighted by Gasteiger charge is 2.40. The van der Waals surface area contributed by atoms with Gasteiger partial charge in [-0.1, -0.05) is 37.3 Å². The Labute approximate surface area is 121 Å². The molecule has 3 nitrogen and oxygen atoms in total. The molecule has 0 spiro atoms. The third-order valence-corrected chi connectivity index (χ3v) is 5.00. The second-order valence-corrected chi connectivity index (χ2v) is 6.38. The van der Waals surface area contributed by atoms with Crippen molar-refractivity contribution in [3.8, 4) is 0 Å². The van der Waals surface area contributed by atoms with Crippen LogP contribution in [0.15, 0.2) is 30.3 Å². The number of nitrogens with two attached hydrogens (primary N) is 1. The van der Waals surface area contributed by atoms with Gasteiger partial charge >= 0.3 is 0 Å². The van der Waals surface area contributed by atoms with E-state index in [1.807, 2.05) is 6.07 Å². The minimum absolute atomic E-state index is 0.197. The van der Waals surface area contributed by atoms with Gasteiger partial charge in [-0.05, 0) is 36.8 Å². The van der Waals surface area contributed by atoms with Crippen molar-refractivity contribution in [2.75, 3.05) is 19.6 Å². The Morgan fingerprint density at radius 3 is 2.60 bits per heavy atom. The van der Waals surface area contributed by atoms with E-state index >= 15 is 0 Å². The minimum atomic E-state index is 0.197. The highest BCUT2D eigenvalue weighted by atomic mass is 16.2. The summed E-state index contributed by atoms with van der Waals surface area (Å²) in [6.45, 7) is 4.40. The van der Waals surface area contributed by atoms with Gasteiger partial charge in [0.05, 0.1) is 0 Å². The van der Waals surface area contributed by atoms with Gasteiger partial charge in [0.2, 0.25) is 5.91 Å². The van der Waals surface area contributed by atoms with Crippen molar-refractivity contribution in [2.45, 2.75) is 25.7 Å². The number of carbonyl (C=O) groups excluding carboxylic acids is 1. The molecule has 1 saturated carbocycles. The van der Waals surface area contributed by atoms with Gasteiger partial charge in [-0.15, -0.1) is 0 Å². The lowest BCUT2D eigenvalue weighted by Crippen LogP contribution is -2.34. The minimum Gasteiger partial charge on any atom is -0.341 e. The van der Waals surface area contributed by atoms with Crippen LogP contribution < -0.4 is 5.73 Å². The molecule has 0 bridgehead atoms. The monoisotopic (exact) mass is 272 g/mol. The SMILES string of the molecule is CC(C(=O)N1C[C@@H](CN)[C@H](c2ccccc2)C1)C1CC1. The van der Waals surface area contributed by atoms with Gasteiger partial charge in [0, 0.05) is 24.9 Å². The van der Waals surface area contributed by atoms with Crippen LogP contribution in [0, 0.1) is 17.8 Å². The van der Waals surface area contributed by atoms with Crippen LogP contribution in [0.1, 0.15) is 31.2 Å². The Kier molecular flexibility index (Phi) is 3.79. The zero-order chi connectivity index (χ0) is 14.1. The number of carbonyl (C=O) groups is 1. The van der Waals surface area contributed by atoms with Gasteiger partial charge in [0.15, 0.2) is 0 Å². The quantitative estimate of drug-likeness (QED) is 0.913. The first-order valence-electron chi connectivity index (χ1n) is 7.74. The number of likely N-dealkylation sites (tertiary alicyclic amines) is 1. The van der Waals surface area contributed by atoms with Gasteiger partial charge in [-0.3, -0.25) is 4.79 Å². The van der Waals surface area contributed by atoms with Crippen LogP contribution in [0.5, 0.6) is 0 Å². The van der Waals surface area contributed by atoms with Crippen LogP contribution in [-0.2, 0) is 4.79 Å². The first kappa shape index (κ1) is 13.6. The van der Waals surface area contributed by atoms with Crippen LogP contribution >= 0.6 is 0 Å². The maximum absolute atomic E-state index is 12.6. The molecule has 3 heteroatoms. The van der Waals surface area contributed by atoms with Crippen molar-refractivity contribution in [2.24, 2.45) is 23.5 Å². The predicted molar refractivity (Wildman–Crippen MR) is 80.2 cm³/mol. The molecule has 1 aliphatic heterocycles. The zero-order valence-corrected chi connectivity index (χ0v) is 12.2. The number of benzene rings is 1. The van der Waals surface area contributed by atoms with Gasteiger partial charge in [-0.2, -0.15) is 0 Å². The third-order valence-electron chi connectivity index (χ3n) is 5.00. The summed E-state index contributed by atoms with van der Waals surface area (Å²) in [4.78, 5) is 14.6. The molecule has 1 unspecified atom stereocenters. The van der Waals surface area contributed by atoms with E-state index in [4.69, 9.17) is 5.73 Å². The highest BCUT2D eigenvalue weighted by Crippen LogP contribution is 2.39. The molecule has 2 fully saturated rings. The first-order valence-corrected chi connectivity index (χ1v) is 7.74. The Morgan fingerprint density at radius 2 is 2.00 bits per heavy atom. The van der Waals surface area contributed by atoms with E-state index in [1.165, 1.54) is 18.4 Å². The summed E-state index contributed by atoms with van der Waals surface area (Å²) in [7, 11) is 0. The molecule has 3 rings (SSSR count). The Balaban J connectivity index is 1.72. The van der Waals surface area contributed by atoms with Gasteiger partial charge in [0.1, 0.15) is 0 Å². The zero-order valence-electron chi connectivity index (χ0n) is 12.2. The summed E-state index contributed by atoms with van der Waals surface area (Å²) in [5.41, 5.74) is 7.25. The van der Waals surface area contributed by atoms with Gasteiger partial charge in [-0.25, -0.2) is 0 Å². The summed E-state index contributed by atoms with van der Waals surface area (Å²) in [5, 5.41) is 0. The molecule has 0 radical (unpaired) electrons. The van der Waals surface area contributed by atoms with Gasteiger partial charge in [0.25, 0.3) is 0 Å². The Hall–Kier alpha value is -1.35. The van der Waals surface area contributed by atoms with E-state index in [1.54, 1.807) is 0 Å². The van der Waals surface area contributed by atoms with Crippen molar-refractivity contribution in [3.05, 3.63) is 35.9 Å². The fourth-order valence-corrected chi connectivity index (χ4v) is 3.45.